The molecule has 3 heterocycles. The average molecular weight is 488 g/mol. The van der Waals surface area contributed by atoms with Crippen molar-refractivity contribution >= 4 is 22.5 Å². The third-order valence-electron chi connectivity index (χ3n) is 6.11. The van der Waals surface area contributed by atoms with Crippen molar-refractivity contribution in [3.63, 3.8) is 0 Å². The number of anilines is 1. The number of β-amino-alcohol motifs (C(OH)–C–C–N with tert-alkyl or cyclic N) is 1. The lowest BCUT2D eigenvalue weighted by Crippen LogP contribution is -2.25. The van der Waals surface area contributed by atoms with E-state index in [0.29, 0.717) is 23.4 Å². The first-order valence-electron chi connectivity index (χ1n) is 10.7. The molecular weight excluding hydrogens is 468 g/mol. The lowest BCUT2D eigenvalue weighted by Gasteiger charge is -2.18. The van der Waals surface area contributed by atoms with Gasteiger partial charge >= 0.3 is 6.18 Å². The molecule has 2 atom stereocenters. The van der Waals surface area contributed by atoms with Crippen LogP contribution in [0.4, 0.5) is 23.2 Å². The third kappa shape index (κ3) is 4.17. The van der Waals surface area contributed by atoms with Crippen molar-refractivity contribution in [1.82, 2.24) is 15.0 Å². The van der Waals surface area contributed by atoms with Crippen LogP contribution in [0.1, 0.15) is 21.5 Å². The number of nitrogens with zero attached hydrogens (tertiary/aromatic N) is 2. The highest BCUT2D eigenvalue weighted by molar-refractivity contribution is 6.10. The number of carbonyl (C=O) groups excluding carboxylic acids is 1. The Hall–Kier alpha value is -3.70. The molecule has 1 fully saturated rings. The first-order chi connectivity index (χ1) is 16.7. The normalized spacial score (nSPS) is 18.5. The van der Waals surface area contributed by atoms with Crippen molar-refractivity contribution in [3.05, 3.63) is 71.2 Å². The minimum absolute atomic E-state index is 0.00924. The van der Waals surface area contributed by atoms with Crippen LogP contribution in [0.3, 0.4) is 0 Å². The summed E-state index contributed by atoms with van der Waals surface area (Å²) in [4.78, 5) is 24.7. The molecule has 3 N–H and O–H groups in total. The Morgan fingerprint density at radius 1 is 1.20 bits per heavy atom. The Balaban J connectivity index is 1.45. The highest BCUT2D eigenvalue weighted by atomic mass is 19.4. The summed E-state index contributed by atoms with van der Waals surface area (Å²) >= 11 is 0. The molecule has 1 saturated heterocycles. The van der Waals surface area contributed by atoms with Gasteiger partial charge in [-0.15, -0.1) is 0 Å². The summed E-state index contributed by atoms with van der Waals surface area (Å²) in [7, 11) is 1.50. The number of halogens is 4. The van der Waals surface area contributed by atoms with Gasteiger partial charge in [-0.25, -0.2) is 9.37 Å². The van der Waals surface area contributed by atoms with E-state index in [2.05, 4.69) is 15.0 Å². The number of ether oxygens (including phenoxy) is 1. The number of aliphatic hydroxyl groups excluding tert-OH is 1. The van der Waals surface area contributed by atoms with Gasteiger partial charge in [-0.05, 0) is 24.3 Å². The number of rotatable bonds is 5. The van der Waals surface area contributed by atoms with Crippen LogP contribution >= 0.6 is 0 Å². The van der Waals surface area contributed by atoms with Crippen LogP contribution in [-0.2, 0) is 10.9 Å². The number of fused-ring (bicyclic) bond motifs is 1. The number of aromatic nitrogens is 3. The van der Waals surface area contributed by atoms with Gasteiger partial charge < -0.3 is 24.7 Å². The number of aromatic amines is 2. The number of ketones is 1. The zero-order chi connectivity index (χ0) is 24.9. The van der Waals surface area contributed by atoms with Gasteiger partial charge in [0, 0.05) is 43.2 Å². The Bertz CT molecular complexity index is 1410. The Morgan fingerprint density at radius 2 is 1.97 bits per heavy atom. The molecular formula is C24H20F4N4O3. The second kappa shape index (κ2) is 8.51. The van der Waals surface area contributed by atoms with E-state index < -0.39 is 35.0 Å². The molecule has 1 aliphatic heterocycles. The molecule has 11 heteroatoms. The van der Waals surface area contributed by atoms with Gasteiger partial charge in [0.1, 0.15) is 11.6 Å². The zero-order valence-electron chi connectivity index (χ0n) is 18.4. The first-order valence-corrected chi connectivity index (χ1v) is 10.7. The smallest absolute Gasteiger partial charge is 0.388 e. The van der Waals surface area contributed by atoms with Crippen LogP contribution in [0.15, 0.2) is 48.7 Å². The monoisotopic (exact) mass is 488 g/mol. The molecule has 0 aliphatic carbocycles. The van der Waals surface area contributed by atoms with E-state index in [4.69, 9.17) is 4.74 Å². The summed E-state index contributed by atoms with van der Waals surface area (Å²) in [5.41, 5.74) is -0.176. The maximum Gasteiger partial charge on any atom is 0.417 e. The summed E-state index contributed by atoms with van der Waals surface area (Å²) in [5.74, 6) is -1.17. The molecule has 35 heavy (non-hydrogen) atoms. The van der Waals surface area contributed by atoms with Gasteiger partial charge in [0.2, 0.25) is 0 Å². The molecule has 4 aromatic rings. The fourth-order valence-corrected chi connectivity index (χ4v) is 4.32. The summed E-state index contributed by atoms with van der Waals surface area (Å²) in [5, 5.41) is 10.1. The molecule has 0 spiro atoms. The van der Waals surface area contributed by atoms with Gasteiger partial charge in [-0.3, -0.25) is 4.79 Å². The molecule has 0 radical (unpaired) electrons. The lowest BCUT2D eigenvalue weighted by molar-refractivity contribution is -0.137. The summed E-state index contributed by atoms with van der Waals surface area (Å²) < 4.78 is 60.0. The first kappa shape index (κ1) is 23.1. The van der Waals surface area contributed by atoms with E-state index in [1.54, 1.807) is 11.0 Å². The van der Waals surface area contributed by atoms with E-state index in [1.807, 2.05) is 0 Å². The summed E-state index contributed by atoms with van der Waals surface area (Å²) in [6.45, 7) is 0.678. The average Bonchev–Trinajstić information content (AvgIpc) is 3.55. The minimum atomic E-state index is -4.67. The van der Waals surface area contributed by atoms with Gasteiger partial charge in [-0.2, -0.15) is 13.2 Å². The minimum Gasteiger partial charge on any atom is -0.388 e. The van der Waals surface area contributed by atoms with Gasteiger partial charge in [-0.1, -0.05) is 18.2 Å². The predicted octanol–water partition coefficient (Wildman–Crippen LogP) is 4.14. The molecule has 5 rings (SSSR count). The number of methoxy groups -OCH3 is 1. The molecule has 1 aliphatic rings. The Labute approximate surface area is 196 Å². The fraction of sp³-hybridized carbons (Fsp3) is 0.250. The molecule has 0 bridgehead atoms. The van der Waals surface area contributed by atoms with Gasteiger partial charge in [0.05, 0.1) is 22.9 Å². The van der Waals surface area contributed by atoms with E-state index in [9.17, 15) is 27.5 Å². The molecule has 2 aromatic carbocycles. The van der Waals surface area contributed by atoms with Crippen LogP contribution in [0, 0.1) is 5.82 Å². The van der Waals surface area contributed by atoms with Crippen molar-refractivity contribution < 1.29 is 32.2 Å². The number of imidazole rings is 1. The number of hydrogen-bond donors (Lipinski definition) is 3. The van der Waals surface area contributed by atoms with E-state index in [-0.39, 0.29) is 29.6 Å². The quantitative estimate of drug-likeness (QED) is 0.290. The second-order valence-corrected chi connectivity index (χ2v) is 8.33. The topological polar surface area (TPSA) is 94.2 Å². The maximum atomic E-state index is 14.8. The number of alkyl halides is 3. The summed E-state index contributed by atoms with van der Waals surface area (Å²) in [6, 6.07) is 8.94. The SMILES string of the molecule is CO[C@H]1CN(c2cc(F)c3nc(-c4cc(C(=O)c5ccccc5C(F)(F)F)c[nH]4)[nH]c3c2)C[C@H]1O. The largest absolute Gasteiger partial charge is 0.417 e. The lowest BCUT2D eigenvalue weighted by atomic mass is 9.99. The summed E-state index contributed by atoms with van der Waals surface area (Å²) in [6.07, 6.45) is -4.47. The molecule has 2 aromatic heterocycles. The maximum absolute atomic E-state index is 14.8. The molecule has 0 unspecified atom stereocenters. The number of benzene rings is 2. The van der Waals surface area contributed by atoms with Crippen molar-refractivity contribution in [2.24, 2.45) is 0 Å². The van der Waals surface area contributed by atoms with Crippen LogP contribution in [0.2, 0.25) is 0 Å². The van der Waals surface area contributed by atoms with Crippen molar-refractivity contribution in [1.29, 1.82) is 0 Å². The van der Waals surface area contributed by atoms with Gasteiger partial charge in [0.25, 0.3) is 0 Å². The highest BCUT2D eigenvalue weighted by Crippen LogP contribution is 2.34. The highest BCUT2D eigenvalue weighted by Gasteiger charge is 2.35. The molecule has 0 saturated carbocycles. The van der Waals surface area contributed by atoms with Crippen LogP contribution in [0.25, 0.3) is 22.6 Å². The van der Waals surface area contributed by atoms with Crippen LogP contribution in [-0.4, -0.2) is 58.2 Å². The zero-order valence-corrected chi connectivity index (χ0v) is 18.4. The number of aliphatic hydroxyl groups is 1. The van der Waals surface area contributed by atoms with E-state index >= 15 is 0 Å². The number of hydrogen-bond acceptors (Lipinski definition) is 5. The number of H-pyrrole nitrogens is 2. The number of carbonyl (C=O) groups is 1. The molecule has 7 nitrogen and oxygen atoms in total. The van der Waals surface area contributed by atoms with Crippen molar-refractivity contribution in [3.8, 4) is 11.5 Å². The Kier molecular flexibility index (Phi) is 5.60. The van der Waals surface area contributed by atoms with E-state index in [1.165, 1.54) is 37.6 Å². The third-order valence-corrected chi connectivity index (χ3v) is 6.11. The van der Waals surface area contributed by atoms with Crippen LogP contribution in [0.5, 0.6) is 0 Å². The fourth-order valence-electron chi connectivity index (χ4n) is 4.32. The second-order valence-electron chi connectivity index (χ2n) is 8.33. The number of nitrogens with one attached hydrogen (secondary N) is 2. The Morgan fingerprint density at radius 3 is 2.69 bits per heavy atom. The molecule has 182 valence electrons. The van der Waals surface area contributed by atoms with Crippen LogP contribution < -0.4 is 4.90 Å². The van der Waals surface area contributed by atoms with Crippen molar-refractivity contribution in [2.75, 3.05) is 25.1 Å². The van der Waals surface area contributed by atoms with E-state index in [0.717, 1.165) is 12.1 Å². The molecule has 0 amide bonds. The standard InChI is InChI=1S/C24H20F4N4O3/c1-35-20-11-32(10-19(20)33)13-7-16(25)21-17(8-13)30-23(31-21)18-6-12(9-29-18)22(34)14-4-2-3-5-15(14)24(26,27)28/h2-9,19-20,29,33H,10-11H2,1H3,(H,30,31)/t19-,20+/m1/s1. The van der Waals surface area contributed by atoms with Crippen molar-refractivity contribution in [2.45, 2.75) is 18.4 Å². The predicted molar refractivity (Wildman–Crippen MR) is 120 cm³/mol. The van der Waals surface area contributed by atoms with Gasteiger partial charge in [0.15, 0.2) is 17.4 Å².